The molecule has 0 radical (unpaired) electrons. The zero-order valence-corrected chi connectivity index (χ0v) is 23.2. The number of amides is 2. The summed E-state index contributed by atoms with van der Waals surface area (Å²) in [6, 6.07) is 12.3. The van der Waals surface area contributed by atoms with Gasteiger partial charge in [0.15, 0.2) is 23.1 Å². The number of tetrazole rings is 1. The lowest BCUT2D eigenvalue weighted by atomic mass is 9.90. The predicted octanol–water partition coefficient (Wildman–Crippen LogP) is 2.17. The summed E-state index contributed by atoms with van der Waals surface area (Å²) in [4.78, 5) is 31.5. The number of fused-ring (bicyclic) bond motifs is 2. The molecule has 5 heterocycles. The summed E-state index contributed by atoms with van der Waals surface area (Å²) < 4.78 is 24.1. The third-order valence-corrected chi connectivity index (χ3v) is 8.08. The number of nitrogens with zero attached hydrogens (tertiary/aromatic N) is 7. The number of likely N-dealkylation sites (N-methyl/N-ethyl adjacent to an activating group) is 1. The Kier molecular flexibility index (Phi) is 6.50. The number of aromatic nitrogens is 4. The number of carbonyl (C=O) groups excluding carboxylic acids is 2. The second-order valence-corrected chi connectivity index (χ2v) is 10.4. The number of piperazine rings is 1. The zero-order valence-electron chi connectivity index (χ0n) is 23.2. The highest BCUT2D eigenvalue weighted by molar-refractivity contribution is 5.95. The quantitative estimate of drug-likeness (QED) is 0.352. The van der Waals surface area contributed by atoms with E-state index in [1.165, 1.54) is 6.26 Å². The van der Waals surface area contributed by atoms with Gasteiger partial charge in [-0.3, -0.25) is 14.5 Å². The van der Waals surface area contributed by atoms with Crippen molar-refractivity contribution in [1.82, 2.24) is 34.9 Å². The van der Waals surface area contributed by atoms with Crippen molar-refractivity contribution in [2.75, 3.05) is 53.7 Å². The molecule has 0 unspecified atom stereocenters. The van der Waals surface area contributed by atoms with Gasteiger partial charge in [-0.05, 0) is 71.9 Å². The van der Waals surface area contributed by atoms with Crippen LogP contribution in [0.3, 0.4) is 0 Å². The molecular formula is C29H29N7O6. The summed E-state index contributed by atoms with van der Waals surface area (Å²) in [5.74, 6) is 2.56. The van der Waals surface area contributed by atoms with E-state index in [0.29, 0.717) is 60.6 Å². The zero-order chi connectivity index (χ0) is 28.8. The average molecular weight is 572 g/mol. The average Bonchev–Trinajstić information content (AvgIpc) is 3.82. The number of benzene rings is 2. The van der Waals surface area contributed by atoms with Gasteiger partial charge in [-0.2, -0.15) is 4.68 Å². The molecule has 0 N–H and O–H groups in total. The smallest absolute Gasteiger partial charge is 0.289 e. The molecule has 216 valence electrons. The van der Waals surface area contributed by atoms with Crippen LogP contribution in [-0.2, 0) is 6.42 Å². The van der Waals surface area contributed by atoms with Crippen LogP contribution in [0.15, 0.2) is 53.1 Å². The van der Waals surface area contributed by atoms with E-state index in [1.54, 1.807) is 45.9 Å². The Morgan fingerprint density at radius 1 is 0.976 bits per heavy atom. The SMILES string of the molecule is COc1c2c(cc3c1[C@@H](c1nnnn1-c1ccc(C(=O)N4CCN(C(=O)c5ccco5)CC4)cc1)N(C)CC3)OCO2. The fourth-order valence-electron chi connectivity index (χ4n) is 5.90. The van der Waals surface area contributed by atoms with Gasteiger partial charge in [-0.25, -0.2) is 0 Å². The number of methoxy groups -OCH3 is 1. The largest absolute Gasteiger partial charge is 0.492 e. The first-order chi connectivity index (χ1) is 20.5. The fourth-order valence-corrected chi connectivity index (χ4v) is 5.90. The molecule has 3 aliphatic heterocycles. The first kappa shape index (κ1) is 26.0. The van der Waals surface area contributed by atoms with E-state index >= 15 is 0 Å². The monoisotopic (exact) mass is 571 g/mol. The van der Waals surface area contributed by atoms with Gasteiger partial charge in [-0.15, -0.1) is 5.10 Å². The van der Waals surface area contributed by atoms with Crippen molar-refractivity contribution in [3.05, 3.63) is 77.0 Å². The lowest BCUT2D eigenvalue weighted by Crippen LogP contribution is -2.50. The van der Waals surface area contributed by atoms with Gasteiger partial charge in [0.05, 0.1) is 19.1 Å². The van der Waals surface area contributed by atoms with Crippen LogP contribution in [0.25, 0.3) is 5.69 Å². The second-order valence-electron chi connectivity index (χ2n) is 10.4. The van der Waals surface area contributed by atoms with Gasteiger partial charge >= 0.3 is 0 Å². The van der Waals surface area contributed by atoms with Crippen molar-refractivity contribution >= 4 is 11.8 Å². The van der Waals surface area contributed by atoms with Crippen molar-refractivity contribution in [2.24, 2.45) is 0 Å². The third-order valence-electron chi connectivity index (χ3n) is 8.08. The molecule has 0 saturated carbocycles. The first-order valence-electron chi connectivity index (χ1n) is 13.7. The molecule has 1 atom stereocenters. The molecule has 1 saturated heterocycles. The van der Waals surface area contributed by atoms with E-state index in [4.69, 9.17) is 18.6 Å². The molecule has 7 rings (SSSR count). The van der Waals surface area contributed by atoms with E-state index in [2.05, 4.69) is 20.4 Å². The van der Waals surface area contributed by atoms with Crippen LogP contribution in [0.5, 0.6) is 17.2 Å². The molecule has 2 amide bonds. The number of furan rings is 1. The Labute approximate surface area is 241 Å². The second kappa shape index (κ2) is 10.5. The molecule has 13 heteroatoms. The Balaban J connectivity index is 1.11. The van der Waals surface area contributed by atoms with Crippen LogP contribution in [0, 0.1) is 0 Å². The number of carbonyl (C=O) groups is 2. The number of ether oxygens (including phenoxy) is 3. The third kappa shape index (κ3) is 4.33. The van der Waals surface area contributed by atoms with E-state index < -0.39 is 0 Å². The molecule has 4 aromatic rings. The fraction of sp³-hybridized carbons (Fsp3) is 0.345. The first-order valence-corrected chi connectivity index (χ1v) is 13.7. The lowest BCUT2D eigenvalue weighted by Gasteiger charge is -2.35. The van der Waals surface area contributed by atoms with Gasteiger partial charge in [0.25, 0.3) is 11.8 Å². The minimum Gasteiger partial charge on any atom is -0.492 e. The molecule has 2 aromatic carbocycles. The van der Waals surface area contributed by atoms with Crippen molar-refractivity contribution in [3.8, 4) is 22.9 Å². The molecule has 3 aliphatic rings. The summed E-state index contributed by atoms with van der Waals surface area (Å²) >= 11 is 0. The standard InChI is InChI=1S/C29H29N7O6/c1-33-10-9-19-16-22-25(42-17-41-22)26(39-2)23(19)24(33)27-30-31-32-36(27)20-7-5-18(6-8-20)28(37)34-11-13-35(14-12-34)29(38)21-4-3-15-40-21/h3-8,15-16,24H,9-14,17H2,1-2H3/t24-/m0/s1. The molecular weight excluding hydrogens is 542 g/mol. The summed E-state index contributed by atoms with van der Waals surface area (Å²) in [7, 11) is 3.65. The highest BCUT2D eigenvalue weighted by Crippen LogP contribution is 2.50. The van der Waals surface area contributed by atoms with Crippen molar-refractivity contribution in [1.29, 1.82) is 0 Å². The molecule has 0 spiro atoms. The van der Waals surface area contributed by atoms with Crippen LogP contribution >= 0.6 is 0 Å². The van der Waals surface area contributed by atoms with Crippen LogP contribution in [0.1, 0.15) is 43.9 Å². The Hall–Kier alpha value is -4.91. The maximum Gasteiger partial charge on any atom is 0.289 e. The number of hydrogen-bond acceptors (Lipinski definition) is 10. The minimum absolute atomic E-state index is 0.0923. The van der Waals surface area contributed by atoms with Crippen molar-refractivity contribution in [2.45, 2.75) is 12.5 Å². The van der Waals surface area contributed by atoms with Crippen LogP contribution in [0.2, 0.25) is 0 Å². The molecule has 42 heavy (non-hydrogen) atoms. The Morgan fingerprint density at radius 2 is 1.74 bits per heavy atom. The molecule has 13 nitrogen and oxygen atoms in total. The molecule has 2 aromatic heterocycles. The summed E-state index contributed by atoms with van der Waals surface area (Å²) in [5.41, 5.74) is 3.32. The topological polar surface area (TPSA) is 128 Å². The maximum absolute atomic E-state index is 13.3. The van der Waals surface area contributed by atoms with E-state index in [9.17, 15) is 9.59 Å². The van der Waals surface area contributed by atoms with E-state index in [-0.39, 0.29) is 24.6 Å². The van der Waals surface area contributed by atoms with Gasteiger partial charge in [0.1, 0.15) is 6.04 Å². The van der Waals surface area contributed by atoms with Gasteiger partial charge in [0, 0.05) is 43.9 Å². The van der Waals surface area contributed by atoms with Crippen molar-refractivity contribution < 1.29 is 28.2 Å². The molecule has 0 bridgehead atoms. The Bertz CT molecular complexity index is 1630. The van der Waals surface area contributed by atoms with Gasteiger partial charge < -0.3 is 28.4 Å². The van der Waals surface area contributed by atoms with E-state index in [1.807, 2.05) is 25.2 Å². The lowest BCUT2D eigenvalue weighted by molar-refractivity contribution is 0.0518. The van der Waals surface area contributed by atoms with Crippen molar-refractivity contribution in [3.63, 3.8) is 0 Å². The minimum atomic E-state index is -0.297. The summed E-state index contributed by atoms with van der Waals surface area (Å²) in [6.07, 6.45) is 2.30. The van der Waals surface area contributed by atoms with E-state index in [0.717, 1.165) is 29.8 Å². The summed E-state index contributed by atoms with van der Waals surface area (Å²) in [5, 5.41) is 12.7. The molecule has 0 aliphatic carbocycles. The highest BCUT2D eigenvalue weighted by atomic mass is 16.7. The summed E-state index contributed by atoms with van der Waals surface area (Å²) in [6.45, 7) is 2.71. The van der Waals surface area contributed by atoms with Crippen LogP contribution in [-0.4, -0.2) is 100 Å². The van der Waals surface area contributed by atoms with Gasteiger partial charge in [0.2, 0.25) is 12.5 Å². The molecule has 1 fully saturated rings. The van der Waals surface area contributed by atoms with Crippen LogP contribution < -0.4 is 14.2 Å². The number of hydrogen-bond donors (Lipinski definition) is 0. The maximum atomic E-state index is 13.3. The number of rotatable bonds is 5. The van der Waals surface area contributed by atoms with Crippen LogP contribution in [0.4, 0.5) is 0 Å². The highest BCUT2D eigenvalue weighted by Gasteiger charge is 2.38. The Morgan fingerprint density at radius 3 is 2.45 bits per heavy atom. The normalized spacial score (nSPS) is 18.2. The predicted molar refractivity (Wildman–Crippen MR) is 147 cm³/mol. The van der Waals surface area contributed by atoms with Gasteiger partial charge in [-0.1, -0.05) is 0 Å².